The first-order valence-electron chi connectivity index (χ1n) is 13.4. The van der Waals surface area contributed by atoms with E-state index in [0.29, 0.717) is 0 Å². The SMILES string of the molecule is O=C(OCC(COC(=O)c1ccc(O)cc1)(COC(=O)c1ccc(O)cc1)COC(=O)c1ccc(O)cc1)c1ccc(O)cc1. The molecule has 4 aromatic rings. The quantitative estimate of drug-likeness (QED) is 0.131. The van der Waals surface area contributed by atoms with Gasteiger partial charge in [0.2, 0.25) is 0 Å². The fourth-order valence-corrected chi connectivity index (χ4v) is 3.85. The summed E-state index contributed by atoms with van der Waals surface area (Å²) in [4.78, 5) is 51.5. The van der Waals surface area contributed by atoms with Gasteiger partial charge in [-0.2, -0.15) is 0 Å². The number of ether oxygens (including phenoxy) is 4. The molecule has 0 amide bonds. The second kappa shape index (κ2) is 14.4. The van der Waals surface area contributed by atoms with Gasteiger partial charge in [-0.25, -0.2) is 19.2 Å². The van der Waals surface area contributed by atoms with E-state index in [2.05, 4.69) is 0 Å². The van der Waals surface area contributed by atoms with Crippen LogP contribution in [0.2, 0.25) is 0 Å². The molecule has 0 saturated carbocycles. The molecule has 0 aliphatic rings. The van der Waals surface area contributed by atoms with Crippen LogP contribution in [0.3, 0.4) is 0 Å². The average molecular weight is 617 g/mol. The molecule has 0 heterocycles. The molecule has 0 bridgehead atoms. The summed E-state index contributed by atoms with van der Waals surface area (Å²) in [7, 11) is 0. The zero-order valence-corrected chi connectivity index (χ0v) is 23.6. The van der Waals surface area contributed by atoms with E-state index in [1.165, 1.54) is 97.1 Å². The van der Waals surface area contributed by atoms with E-state index >= 15 is 0 Å². The molecule has 0 saturated heterocycles. The standard InChI is InChI=1S/C33H28O12/c34-25-9-1-21(2-10-25)29(38)42-17-33(18-43-30(39)22-3-11-26(35)12-4-22,19-44-31(40)23-5-13-27(36)14-6-23)20-45-32(41)24-7-15-28(37)16-8-24/h1-16,34-37H,17-20H2. The Morgan fingerprint density at radius 2 is 0.556 bits per heavy atom. The Labute approximate surface area is 256 Å². The fourth-order valence-electron chi connectivity index (χ4n) is 3.85. The molecule has 0 atom stereocenters. The van der Waals surface area contributed by atoms with Crippen molar-refractivity contribution in [3.05, 3.63) is 119 Å². The molecular weight excluding hydrogens is 588 g/mol. The Hall–Kier alpha value is -6.04. The minimum Gasteiger partial charge on any atom is -0.508 e. The van der Waals surface area contributed by atoms with Gasteiger partial charge in [0, 0.05) is 0 Å². The van der Waals surface area contributed by atoms with Crippen LogP contribution < -0.4 is 0 Å². The Balaban J connectivity index is 1.61. The third-order valence-electron chi connectivity index (χ3n) is 6.45. The Morgan fingerprint density at radius 1 is 0.378 bits per heavy atom. The lowest BCUT2D eigenvalue weighted by molar-refractivity contribution is -0.0641. The van der Waals surface area contributed by atoms with Gasteiger partial charge < -0.3 is 39.4 Å². The number of carbonyl (C=O) groups is 4. The van der Waals surface area contributed by atoms with Gasteiger partial charge in [0.1, 0.15) is 54.8 Å². The molecule has 0 fully saturated rings. The monoisotopic (exact) mass is 616 g/mol. The first-order chi connectivity index (χ1) is 21.5. The summed E-state index contributed by atoms with van der Waals surface area (Å²) in [5.41, 5.74) is -1.34. The first kappa shape index (κ1) is 31.9. The van der Waals surface area contributed by atoms with Gasteiger partial charge in [-0.1, -0.05) is 0 Å². The third-order valence-corrected chi connectivity index (χ3v) is 6.45. The number of carbonyl (C=O) groups excluding carboxylic acids is 4. The molecule has 4 aromatic carbocycles. The van der Waals surface area contributed by atoms with Crippen molar-refractivity contribution in [3.8, 4) is 23.0 Å². The van der Waals surface area contributed by atoms with Crippen LogP contribution in [0.5, 0.6) is 23.0 Å². The first-order valence-corrected chi connectivity index (χ1v) is 13.4. The highest BCUT2D eigenvalue weighted by molar-refractivity contribution is 5.91. The highest BCUT2D eigenvalue weighted by atomic mass is 16.6. The molecule has 0 unspecified atom stereocenters. The maximum atomic E-state index is 12.9. The Morgan fingerprint density at radius 3 is 0.733 bits per heavy atom. The number of hydrogen-bond acceptors (Lipinski definition) is 12. The van der Waals surface area contributed by atoms with Crippen molar-refractivity contribution in [1.82, 2.24) is 0 Å². The number of phenolic OH excluding ortho intramolecular Hbond substituents is 4. The summed E-state index contributed by atoms with van der Waals surface area (Å²) in [6, 6.07) is 20.8. The van der Waals surface area contributed by atoms with Crippen LogP contribution in [0.4, 0.5) is 0 Å². The van der Waals surface area contributed by atoms with E-state index in [1.54, 1.807) is 0 Å². The smallest absolute Gasteiger partial charge is 0.338 e. The molecule has 0 spiro atoms. The number of esters is 4. The van der Waals surface area contributed by atoms with Crippen molar-refractivity contribution in [2.24, 2.45) is 5.41 Å². The van der Waals surface area contributed by atoms with Crippen LogP contribution in [-0.4, -0.2) is 70.7 Å². The van der Waals surface area contributed by atoms with Gasteiger partial charge in [-0.3, -0.25) is 0 Å². The number of hydrogen-bond donors (Lipinski definition) is 4. The maximum Gasteiger partial charge on any atom is 0.338 e. The van der Waals surface area contributed by atoms with E-state index in [0.717, 1.165) is 0 Å². The molecule has 45 heavy (non-hydrogen) atoms. The van der Waals surface area contributed by atoms with Gasteiger partial charge in [-0.05, 0) is 97.1 Å². The minimum atomic E-state index is -1.64. The minimum absolute atomic E-state index is 0.0740. The summed E-state index contributed by atoms with van der Waals surface area (Å²) in [6.07, 6.45) is 0. The third kappa shape index (κ3) is 8.97. The number of aromatic hydroxyl groups is 4. The van der Waals surface area contributed by atoms with Crippen LogP contribution in [0.15, 0.2) is 97.1 Å². The van der Waals surface area contributed by atoms with Crippen molar-refractivity contribution in [2.45, 2.75) is 0 Å². The largest absolute Gasteiger partial charge is 0.508 e. The van der Waals surface area contributed by atoms with Gasteiger partial charge in [0.15, 0.2) is 0 Å². The topological polar surface area (TPSA) is 186 Å². The van der Waals surface area contributed by atoms with E-state index in [4.69, 9.17) is 18.9 Å². The van der Waals surface area contributed by atoms with Crippen LogP contribution in [0, 0.1) is 5.41 Å². The van der Waals surface area contributed by atoms with Crippen LogP contribution in [-0.2, 0) is 18.9 Å². The summed E-state index contributed by atoms with van der Waals surface area (Å²) in [5.74, 6) is -3.65. The summed E-state index contributed by atoms with van der Waals surface area (Å²) in [5, 5.41) is 38.2. The normalized spacial score (nSPS) is 10.8. The molecule has 232 valence electrons. The maximum absolute atomic E-state index is 12.9. The van der Waals surface area contributed by atoms with E-state index in [9.17, 15) is 39.6 Å². The van der Waals surface area contributed by atoms with Crippen molar-refractivity contribution in [2.75, 3.05) is 26.4 Å². The average Bonchev–Trinajstić information content (AvgIpc) is 3.04. The summed E-state index contributed by atoms with van der Waals surface area (Å²) in [6.45, 7) is -2.27. The predicted octanol–water partition coefficient (Wildman–Crippen LogP) is 4.22. The van der Waals surface area contributed by atoms with E-state index in [1.807, 2.05) is 0 Å². The predicted molar refractivity (Wildman–Crippen MR) is 156 cm³/mol. The molecule has 0 aliphatic carbocycles. The van der Waals surface area contributed by atoms with Crippen molar-refractivity contribution in [1.29, 1.82) is 0 Å². The second-order valence-corrected chi connectivity index (χ2v) is 9.99. The lowest BCUT2D eigenvalue weighted by atomic mass is 9.92. The number of benzene rings is 4. The lowest BCUT2D eigenvalue weighted by Gasteiger charge is -2.31. The molecule has 0 radical (unpaired) electrons. The van der Waals surface area contributed by atoms with Crippen molar-refractivity contribution in [3.63, 3.8) is 0 Å². The van der Waals surface area contributed by atoms with Gasteiger partial charge in [-0.15, -0.1) is 0 Å². The van der Waals surface area contributed by atoms with Crippen LogP contribution >= 0.6 is 0 Å². The van der Waals surface area contributed by atoms with Gasteiger partial charge >= 0.3 is 23.9 Å². The molecule has 0 aromatic heterocycles. The zero-order valence-electron chi connectivity index (χ0n) is 23.6. The molecular formula is C33H28O12. The van der Waals surface area contributed by atoms with Crippen molar-refractivity contribution < 1.29 is 58.6 Å². The van der Waals surface area contributed by atoms with Gasteiger partial charge in [0.05, 0.1) is 22.3 Å². The molecule has 4 rings (SSSR count). The zero-order chi connectivity index (χ0) is 32.4. The van der Waals surface area contributed by atoms with E-state index < -0.39 is 55.7 Å². The number of rotatable bonds is 12. The molecule has 4 N–H and O–H groups in total. The highest BCUT2D eigenvalue weighted by Gasteiger charge is 2.38. The Kier molecular flexibility index (Phi) is 10.2. The summed E-state index contributed by atoms with van der Waals surface area (Å²) < 4.78 is 22.0. The number of phenols is 4. The summed E-state index contributed by atoms with van der Waals surface area (Å²) >= 11 is 0. The molecule has 0 aliphatic heterocycles. The second-order valence-electron chi connectivity index (χ2n) is 9.99. The molecule has 12 heteroatoms. The van der Waals surface area contributed by atoms with Crippen LogP contribution in [0.1, 0.15) is 41.4 Å². The van der Waals surface area contributed by atoms with Crippen molar-refractivity contribution >= 4 is 23.9 Å². The fraction of sp³-hybridized carbons (Fsp3) is 0.152. The Bertz CT molecular complexity index is 1380. The lowest BCUT2D eigenvalue weighted by Crippen LogP contribution is -2.44. The highest BCUT2D eigenvalue weighted by Crippen LogP contribution is 2.25. The van der Waals surface area contributed by atoms with E-state index in [-0.39, 0.29) is 45.3 Å². The van der Waals surface area contributed by atoms with Crippen LogP contribution in [0.25, 0.3) is 0 Å². The van der Waals surface area contributed by atoms with Gasteiger partial charge in [0.25, 0.3) is 0 Å². The molecule has 12 nitrogen and oxygen atoms in total.